The Bertz CT molecular complexity index is 673. The Hall–Kier alpha value is -2.10. The van der Waals surface area contributed by atoms with Gasteiger partial charge in [0.05, 0.1) is 5.54 Å². The standard InChI is InChI=1S/C22H30N2O2/c1-2-20(25)24-22(13-7-3-4-8-14-22)16-23-21(26)19-12-11-17-9-5-6-10-18(17)15-19/h2,11-12,15H,1,3-10,13-14,16H2,(H,23,26)(H,24,25). The summed E-state index contributed by atoms with van der Waals surface area (Å²) in [5.74, 6) is -0.204. The third kappa shape index (κ3) is 4.54. The summed E-state index contributed by atoms with van der Waals surface area (Å²) in [6.45, 7) is 4.04. The van der Waals surface area contributed by atoms with Crippen LogP contribution in [0.3, 0.4) is 0 Å². The molecule has 1 fully saturated rings. The Kier molecular flexibility index (Phi) is 6.12. The second-order valence-electron chi connectivity index (χ2n) is 7.76. The van der Waals surface area contributed by atoms with E-state index in [0.29, 0.717) is 6.54 Å². The second-order valence-corrected chi connectivity index (χ2v) is 7.76. The number of benzene rings is 1. The minimum atomic E-state index is -0.356. The van der Waals surface area contributed by atoms with Crippen LogP contribution < -0.4 is 10.6 Å². The van der Waals surface area contributed by atoms with Gasteiger partial charge in [0.2, 0.25) is 5.91 Å². The van der Waals surface area contributed by atoms with E-state index < -0.39 is 0 Å². The number of carbonyl (C=O) groups excluding carboxylic acids is 2. The van der Waals surface area contributed by atoms with Gasteiger partial charge in [-0.2, -0.15) is 0 Å². The third-order valence-corrected chi connectivity index (χ3v) is 5.83. The van der Waals surface area contributed by atoms with Crippen molar-refractivity contribution in [3.05, 3.63) is 47.5 Å². The van der Waals surface area contributed by atoms with E-state index in [2.05, 4.69) is 23.3 Å². The van der Waals surface area contributed by atoms with Gasteiger partial charge in [0, 0.05) is 12.1 Å². The van der Waals surface area contributed by atoms with E-state index in [-0.39, 0.29) is 17.4 Å². The van der Waals surface area contributed by atoms with Crippen molar-refractivity contribution in [3.8, 4) is 0 Å². The molecule has 0 bridgehead atoms. The van der Waals surface area contributed by atoms with Crippen molar-refractivity contribution in [2.45, 2.75) is 69.7 Å². The molecule has 2 amide bonds. The van der Waals surface area contributed by atoms with Gasteiger partial charge in [-0.3, -0.25) is 9.59 Å². The van der Waals surface area contributed by atoms with Crippen LogP contribution in [-0.4, -0.2) is 23.9 Å². The highest BCUT2D eigenvalue weighted by molar-refractivity contribution is 5.94. The van der Waals surface area contributed by atoms with Crippen molar-refractivity contribution in [1.29, 1.82) is 0 Å². The molecular weight excluding hydrogens is 324 g/mol. The van der Waals surface area contributed by atoms with Crippen molar-refractivity contribution in [1.82, 2.24) is 10.6 Å². The molecule has 0 radical (unpaired) electrons. The number of carbonyl (C=O) groups is 2. The number of aryl methyl sites for hydroxylation is 2. The van der Waals surface area contributed by atoms with E-state index in [0.717, 1.165) is 44.1 Å². The first-order valence-corrected chi connectivity index (χ1v) is 9.96. The normalized spacial score (nSPS) is 18.9. The molecule has 2 aliphatic rings. The van der Waals surface area contributed by atoms with Crippen LogP contribution in [0.5, 0.6) is 0 Å². The van der Waals surface area contributed by atoms with Gasteiger partial charge in [0.25, 0.3) is 5.91 Å². The summed E-state index contributed by atoms with van der Waals surface area (Å²) in [4.78, 5) is 24.6. The van der Waals surface area contributed by atoms with Crippen LogP contribution >= 0.6 is 0 Å². The van der Waals surface area contributed by atoms with Gasteiger partial charge in [0.1, 0.15) is 0 Å². The Morgan fingerprint density at radius 1 is 1.00 bits per heavy atom. The zero-order valence-corrected chi connectivity index (χ0v) is 15.6. The lowest BCUT2D eigenvalue weighted by molar-refractivity contribution is -0.118. The molecule has 4 heteroatoms. The molecule has 2 aliphatic carbocycles. The van der Waals surface area contributed by atoms with Crippen molar-refractivity contribution in [3.63, 3.8) is 0 Å². The maximum Gasteiger partial charge on any atom is 0.251 e. The van der Waals surface area contributed by atoms with Gasteiger partial charge in [0.15, 0.2) is 0 Å². The molecule has 0 aromatic heterocycles. The zero-order valence-electron chi connectivity index (χ0n) is 15.6. The van der Waals surface area contributed by atoms with Crippen LogP contribution in [-0.2, 0) is 17.6 Å². The van der Waals surface area contributed by atoms with E-state index in [9.17, 15) is 9.59 Å². The highest BCUT2D eigenvalue weighted by Crippen LogP contribution is 2.27. The predicted octanol–water partition coefficient (Wildman–Crippen LogP) is 3.69. The van der Waals surface area contributed by atoms with E-state index in [4.69, 9.17) is 0 Å². The number of hydrogen-bond donors (Lipinski definition) is 2. The number of hydrogen-bond acceptors (Lipinski definition) is 2. The zero-order chi connectivity index (χ0) is 18.4. The summed E-state index contributed by atoms with van der Waals surface area (Å²) in [5, 5.41) is 6.19. The van der Waals surface area contributed by atoms with Crippen LogP contribution in [0.4, 0.5) is 0 Å². The second kappa shape index (κ2) is 8.52. The van der Waals surface area contributed by atoms with E-state index in [1.165, 1.54) is 42.9 Å². The maximum absolute atomic E-state index is 12.7. The minimum Gasteiger partial charge on any atom is -0.350 e. The maximum atomic E-state index is 12.7. The number of rotatable bonds is 5. The van der Waals surface area contributed by atoms with Gasteiger partial charge in [-0.1, -0.05) is 38.3 Å². The van der Waals surface area contributed by atoms with Gasteiger partial charge in [-0.15, -0.1) is 0 Å². The Labute approximate surface area is 156 Å². The van der Waals surface area contributed by atoms with Gasteiger partial charge in [-0.25, -0.2) is 0 Å². The average molecular weight is 354 g/mol. The smallest absolute Gasteiger partial charge is 0.251 e. The summed E-state index contributed by atoms with van der Waals surface area (Å²) in [7, 11) is 0. The van der Waals surface area contributed by atoms with Crippen LogP contribution in [0, 0.1) is 0 Å². The molecule has 1 saturated carbocycles. The summed E-state index contributed by atoms with van der Waals surface area (Å²) >= 11 is 0. The van der Waals surface area contributed by atoms with Crippen LogP contribution in [0.25, 0.3) is 0 Å². The molecule has 0 spiro atoms. The first-order valence-electron chi connectivity index (χ1n) is 9.96. The minimum absolute atomic E-state index is 0.0464. The summed E-state index contributed by atoms with van der Waals surface area (Å²) in [6, 6.07) is 6.08. The molecule has 26 heavy (non-hydrogen) atoms. The largest absolute Gasteiger partial charge is 0.350 e. The van der Waals surface area contributed by atoms with Crippen molar-refractivity contribution >= 4 is 11.8 Å². The quantitative estimate of drug-likeness (QED) is 0.626. The molecule has 1 aromatic carbocycles. The SMILES string of the molecule is C=CC(=O)NC1(CNC(=O)c2ccc3c(c2)CCCC3)CCCCCC1. The van der Waals surface area contributed by atoms with Gasteiger partial charge >= 0.3 is 0 Å². The molecule has 0 heterocycles. The average Bonchev–Trinajstić information content (AvgIpc) is 2.91. The first-order chi connectivity index (χ1) is 12.6. The Balaban J connectivity index is 1.68. The summed E-state index contributed by atoms with van der Waals surface area (Å²) in [5.41, 5.74) is 3.06. The topological polar surface area (TPSA) is 58.2 Å². The van der Waals surface area contributed by atoms with E-state index >= 15 is 0 Å². The number of nitrogens with one attached hydrogen (secondary N) is 2. The van der Waals surface area contributed by atoms with E-state index in [1.54, 1.807) is 0 Å². The van der Waals surface area contributed by atoms with Crippen LogP contribution in [0.1, 0.15) is 72.9 Å². The highest BCUT2D eigenvalue weighted by atomic mass is 16.2. The Morgan fingerprint density at radius 2 is 1.69 bits per heavy atom. The molecule has 2 N–H and O–H groups in total. The monoisotopic (exact) mass is 354 g/mol. The molecule has 140 valence electrons. The first kappa shape index (κ1) is 18.7. The molecule has 4 nitrogen and oxygen atoms in total. The third-order valence-electron chi connectivity index (χ3n) is 5.83. The molecule has 0 atom stereocenters. The van der Waals surface area contributed by atoms with Gasteiger partial charge < -0.3 is 10.6 Å². The molecule has 0 saturated heterocycles. The van der Waals surface area contributed by atoms with Crippen molar-refractivity contribution < 1.29 is 9.59 Å². The van der Waals surface area contributed by atoms with Crippen LogP contribution in [0.15, 0.2) is 30.9 Å². The molecule has 1 aromatic rings. The number of amides is 2. The fourth-order valence-corrected chi connectivity index (χ4v) is 4.29. The van der Waals surface area contributed by atoms with Crippen LogP contribution in [0.2, 0.25) is 0 Å². The van der Waals surface area contributed by atoms with Crippen molar-refractivity contribution in [2.24, 2.45) is 0 Å². The fourth-order valence-electron chi connectivity index (χ4n) is 4.29. The fraction of sp³-hybridized carbons (Fsp3) is 0.545. The summed E-state index contributed by atoms with van der Waals surface area (Å²) in [6.07, 6.45) is 12.3. The highest BCUT2D eigenvalue weighted by Gasteiger charge is 2.32. The molecular formula is C22H30N2O2. The lowest BCUT2D eigenvalue weighted by Gasteiger charge is -2.34. The van der Waals surface area contributed by atoms with Gasteiger partial charge in [-0.05, 0) is 67.9 Å². The van der Waals surface area contributed by atoms with E-state index in [1.807, 2.05) is 12.1 Å². The summed E-state index contributed by atoms with van der Waals surface area (Å²) < 4.78 is 0. The van der Waals surface area contributed by atoms with Crippen molar-refractivity contribution in [2.75, 3.05) is 6.54 Å². The molecule has 0 unspecified atom stereocenters. The lowest BCUT2D eigenvalue weighted by Crippen LogP contribution is -2.55. The molecule has 0 aliphatic heterocycles. The predicted molar refractivity (Wildman–Crippen MR) is 104 cm³/mol. The molecule has 3 rings (SSSR count). The Morgan fingerprint density at radius 3 is 2.38 bits per heavy atom. The number of fused-ring (bicyclic) bond motifs is 1. The lowest BCUT2D eigenvalue weighted by atomic mass is 9.89.